The number of nitrogens with one attached hydrogen (secondary N) is 3. The van der Waals surface area contributed by atoms with Crippen molar-refractivity contribution in [2.75, 3.05) is 33.8 Å². The van der Waals surface area contributed by atoms with Crippen LogP contribution in [0.25, 0.3) is 6.08 Å². The lowest BCUT2D eigenvalue weighted by Gasteiger charge is -2.49. The highest BCUT2D eigenvalue weighted by Crippen LogP contribution is 2.57. The van der Waals surface area contributed by atoms with Crippen molar-refractivity contribution in [1.29, 1.82) is 0 Å². The van der Waals surface area contributed by atoms with Gasteiger partial charge in [0.15, 0.2) is 17.3 Å². The Morgan fingerprint density at radius 2 is 1.89 bits per heavy atom. The Bertz CT molecular complexity index is 2140. The lowest BCUT2D eigenvalue weighted by Crippen LogP contribution is -2.53. The summed E-state index contributed by atoms with van der Waals surface area (Å²) in [6.07, 6.45) is 18.9. The number of aliphatic hydroxyl groups excluding tert-OH is 2. The number of phenols is 1. The van der Waals surface area contributed by atoms with E-state index in [0.29, 0.717) is 99.1 Å². The van der Waals surface area contributed by atoms with Crippen LogP contribution in [-0.2, 0) is 16.0 Å². The largest absolute Gasteiger partial charge is 0.504 e. The topological polar surface area (TPSA) is 166 Å². The number of carbonyl (C=O) groups excluding carboxylic acids is 2. The number of rotatable bonds is 14. The lowest BCUT2D eigenvalue weighted by molar-refractivity contribution is -0.135. The minimum Gasteiger partial charge on any atom is -0.504 e. The second-order valence-electron chi connectivity index (χ2n) is 20.3. The van der Waals surface area contributed by atoms with Crippen LogP contribution < -0.4 is 26.4 Å². The molecule has 344 valence electrons. The van der Waals surface area contributed by atoms with Gasteiger partial charge in [-0.2, -0.15) is 0 Å². The molecule has 1 saturated heterocycles. The maximum absolute atomic E-state index is 14.6. The molecule has 11 atom stereocenters. The molecule has 3 saturated carbocycles. The number of aryl methyl sites for hydroxylation is 1. The van der Waals surface area contributed by atoms with E-state index < -0.39 is 17.6 Å². The first-order chi connectivity index (χ1) is 31.0. The Morgan fingerprint density at radius 3 is 2.67 bits per heavy atom. The van der Waals surface area contributed by atoms with E-state index in [1.807, 2.05) is 37.4 Å². The Hall–Kier alpha value is -4.40. The molecule has 8 rings (SSSR count). The summed E-state index contributed by atoms with van der Waals surface area (Å²) >= 11 is 0. The predicted molar refractivity (Wildman–Crippen MR) is 252 cm³/mol. The van der Waals surface area contributed by atoms with Crippen molar-refractivity contribution in [3.63, 3.8) is 0 Å². The zero-order valence-corrected chi connectivity index (χ0v) is 38.1. The number of phenolic OH excluding ortho intramolecular Hbond substituents is 1. The van der Waals surface area contributed by atoms with Gasteiger partial charge >= 0.3 is 0 Å². The molecule has 0 aromatic heterocycles. The fourth-order valence-corrected chi connectivity index (χ4v) is 12.8. The first-order valence-corrected chi connectivity index (χ1v) is 24.3. The van der Waals surface area contributed by atoms with Crippen molar-refractivity contribution >= 4 is 17.6 Å². The average Bonchev–Trinajstić information content (AvgIpc) is 3.72. The molecule has 1 spiro atoms. The first-order valence-electron chi connectivity index (χ1n) is 24.3. The van der Waals surface area contributed by atoms with Crippen LogP contribution in [0.4, 0.5) is 0 Å². The highest BCUT2D eigenvalue weighted by molar-refractivity contribution is 5.89. The monoisotopic (exact) mass is 873 g/mol. The number of nitrogens with two attached hydrogens (primary N) is 1. The number of ketones is 2. The summed E-state index contributed by atoms with van der Waals surface area (Å²) in [7, 11) is 3.57. The molecule has 4 aliphatic carbocycles. The van der Waals surface area contributed by atoms with Crippen LogP contribution in [0, 0.1) is 52.3 Å². The lowest BCUT2D eigenvalue weighted by atomic mass is 9.58. The average molecular weight is 873 g/mol. The van der Waals surface area contributed by atoms with E-state index >= 15 is 0 Å². The van der Waals surface area contributed by atoms with Gasteiger partial charge in [-0.1, -0.05) is 60.4 Å². The SMILES string of the molecule is CNC[C@H]1CC[C@](C[C@H]2CC[C@@]3(C#C[C@H](CC[C@H](O)C[C@H](/C=C/c4ccccc4)C4=CCNC(N)=C4)c4cc(O)c(OC)cc4CCC3=O)[C@H](O)C2)([C@@H]2CN[C@@H]3CC(=O)CC[C@@H]3C2)C1. The molecule has 0 amide bonds. The maximum atomic E-state index is 14.6. The number of piperidine rings is 1. The molecule has 2 aliphatic heterocycles. The summed E-state index contributed by atoms with van der Waals surface area (Å²) < 4.78 is 5.53. The number of dihydropyridines is 1. The number of benzene rings is 2. The molecule has 64 heavy (non-hydrogen) atoms. The van der Waals surface area contributed by atoms with E-state index in [-0.39, 0.29) is 41.1 Å². The minimum absolute atomic E-state index is 0.0146. The molecule has 10 heteroatoms. The fourth-order valence-electron chi connectivity index (χ4n) is 12.8. The van der Waals surface area contributed by atoms with Crippen molar-refractivity contribution in [3.05, 3.63) is 88.8 Å². The van der Waals surface area contributed by atoms with Crippen molar-refractivity contribution in [3.8, 4) is 23.3 Å². The Labute approximate surface area is 381 Å². The van der Waals surface area contributed by atoms with Crippen LogP contribution in [0.2, 0.25) is 0 Å². The van der Waals surface area contributed by atoms with Gasteiger partial charge < -0.3 is 41.7 Å². The van der Waals surface area contributed by atoms with Crippen LogP contribution in [0.1, 0.15) is 119 Å². The van der Waals surface area contributed by atoms with Crippen LogP contribution in [0.3, 0.4) is 0 Å². The summed E-state index contributed by atoms with van der Waals surface area (Å²) in [5.74, 6) is 9.89. The maximum Gasteiger partial charge on any atom is 0.160 e. The van der Waals surface area contributed by atoms with Crippen molar-refractivity contribution in [1.82, 2.24) is 16.0 Å². The van der Waals surface area contributed by atoms with E-state index in [2.05, 4.69) is 58.2 Å². The zero-order chi connectivity index (χ0) is 44.8. The van der Waals surface area contributed by atoms with Gasteiger partial charge in [0.1, 0.15) is 11.2 Å². The van der Waals surface area contributed by atoms with Gasteiger partial charge in [-0.25, -0.2) is 0 Å². The van der Waals surface area contributed by atoms with Crippen molar-refractivity contribution < 1.29 is 29.6 Å². The van der Waals surface area contributed by atoms with Gasteiger partial charge in [0.05, 0.1) is 25.1 Å². The molecule has 2 aromatic rings. The normalized spacial score (nSPS) is 32.7. The van der Waals surface area contributed by atoms with E-state index in [9.17, 15) is 24.9 Å². The fraction of sp³-hybridized carbons (Fsp3) is 0.593. The predicted octanol–water partition coefficient (Wildman–Crippen LogP) is 7.08. The second-order valence-corrected chi connectivity index (χ2v) is 20.3. The number of hydrogen-bond acceptors (Lipinski definition) is 10. The Morgan fingerprint density at radius 1 is 1.06 bits per heavy atom. The third-order valence-electron chi connectivity index (χ3n) is 16.3. The molecule has 8 N–H and O–H groups in total. The highest BCUT2D eigenvalue weighted by atomic mass is 16.5. The van der Waals surface area contributed by atoms with Gasteiger partial charge in [0, 0.05) is 43.7 Å². The van der Waals surface area contributed by atoms with Gasteiger partial charge in [-0.05, 0) is 173 Å². The van der Waals surface area contributed by atoms with Crippen LogP contribution in [-0.4, -0.2) is 78.9 Å². The molecule has 0 unspecified atom stereocenters. The van der Waals surface area contributed by atoms with Gasteiger partial charge in [-0.15, -0.1) is 0 Å². The number of carbonyl (C=O) groups is 2. The quantitative estimate of drug-likeness (QED) is 0.0976. The van der Waals surface area contributed by atoms with Crippen molar-refractivity contribution in [2.45, 2.75) is 127 Å². The molecule has 0 bridgehead atoms. The molecular weight excluding hydrogens is 801 g/mol. The van der Waals surface area contributed by atoms with Gasteiger partial charge in [0.25, 0.3) is 0 Å². The first kappa shape index (κ1) is 46.1. The van der Waals surface area contributed by atoms with E-state index in [1.165, 1.54) is 32.8 Å². The molecule has 6 aliphatic rings. The molecule has 0 radical (unpaired) electrons. The number of Topliss-reactive ketones (excluding diaryl/α,β-unsaturated/α-hetero) is 2. The summed E-state index contributed by atoms with van der Waals surface area (Å²) in [5.41, 5.74) is 9.06. The van der Waals surface area contributed by atoms with Gasteiger partial charge in [-0.3, -0.25) is 9.59 Å². The minimum atomic E-state index is -1.17. The Kier molecular flexibility index (Phi) is 14.7. The molecule has 2 heterocycles. The molecule has 4 fully saturated rings. The Balaban J connectivity index is 1.01. The van der Waals surface area contributed by atoms with E-state index in [4.69, 9.17) is 10.5 Å². The summed E-state index contributed by atoms with van der Waals surface area (Å²) in [4.78, 5) is 26.9. The highest BCUT2D eigenvalue weighted by Gasteiger charge is 2.52. The number of hydrogen-bond donors (Lipinski definition) is 7. The van der Waals surface area contributed by atoms with E-state index in [1.54, 1.807) is 6.07 Å². The number of aliphatic hydroxyl groups is 2. The molecule has 2 aromatic carbocycles. The van der Waals surface area contributed by atoms with Crippen LogP contribution >= 0.6 is 0 Å². The van der Waals surface area contributed by atoms with Crippen LogP contribution in [0.5, 0.6) is 11.5 Å². The molecular formula is C54H72N4O6. The summed E-state index contributed by atoms with van der Waals surface area (Å²) in [5, 5.41) is 45.6. The molecule has 10 nitrogen and oxygen atoms in total. The standard InChI is InChI=1S/C54H72N4O6/c1-56-33-37-16-20-53(32-37,43-25-42-11-14-45(60)29-47(42)58-34-43)31-36-17-21-54(51(63)24-36)22-18-38(46-30-48(61)49(64-2)27-41(46)12-15-50(54)62)10-13-44(59)26-39(40-19-23-57-52(55)28-40)9-8-35-6-4-3-5-7-35/h3-9,19,27-28,30,36-39,42-44,47,51,56-59,61,63H,10-17,20-21,23-26,29,31-34,55H2,1-2H3/b9-8+/t36-,37-,38-,39-,42+,43-,44-,47+,51+,53+,54-/m0/s1. The van der Waals surface area contributed by atoms with E-state index in [0.717, 1.165) is 54.6 Å². The summed E-state index contributed by atoms with van der Waals surface area (Å²) in [6, 6.07) is 14.0. The van der Waals surface area contributed by atoms with Crippen molar-refractivity contribution in [2.24, 2.45) is 46.2 Å². The number of fused-ring (bicyclic) bond motifs is 2. The number of ether oxygens (including phenoxy) is 1. The van der Waals surface area contributed by atoms with Crippen LogP contribution in [0.15, 0.2) is 72.1 Å². The smallest absolute Gasteiger partial charge is 0.160 e. The third-order valence-corrected chi connectivity index (χ3v) is 16.3. The second kappa shape index (κ2) is 20.4. The number of allylic oxidation sites excluding steroid dienone is 3. The third kappa shape index (κ3) is 10.3. The summed E-state index contributed by atoms with van der Waals surface area (Å²) in [6.45, 7) is 2.59. The number of methoxy groups -OCH3 is 1. The zero-order valence-electron chi connectivity index (χ0n) is 38.1. The van der Waals surface area contributed by atoms with Gasteiger partial charge in [0.2, 0.25) is 0 Å². The number of aromatic hydroxyl groups is 1.